The molecule has 1 aliphatic carbocycles. The molecule has 1 aromatic heterocycles. The number of piperazine rings is 1. The number of aromatic nitrogens is 2. The van der Waals surface area contributed by atoms with Crippen molar-refractivity contribution < 1.29 is 9.59 Å². The number of benzene rings is 1. The van der Waals surface area contributed by atoms with E-state index in [1.165, 1.54) is 11.1 Å². The molecule has 2 aliphatic heterocycles. The van der Waals surface area contributed by atoms with Crippen LogP contribution in [0.3, 0.4) is 0 Å². The standard InChI is InChI=1S/C24H31N5O2/c1-17-5-7-18(8-6-17)15-27-11-13-28(14-12-27)24(31)22-20-16-29(10-9-21(20)25-26-22)23(30)19-3-2-4-19/h5-8,19H,2-4,9-16H2,1H3,(H,25,26). The van der Waals surface area contributed by atoms with Crippen molar-refractivity contribution in [3.8, 4) is 0 Å². The average molecular weight is 422 g/mol. The van der Waals surface area contributed by atoms with E-state index in [-0.39, 0.29) is 17.7 Å². The molecule has 1 saturated heterocycles. The van der Waals surface area contributed by atoms with Gasteiger partial charge < -0.3 is 9.80 Å². The zero-order valence-corrected chi connectivity index (χ0v) is 18.3. The maximum atomic E-state index is 13.2. The first-order valence-corrected chi connectivity index (χ1v) is 11.5. The van der Waals surface area contributed by atoms with Crippen molar-refractivity contribution in [2.24, 2.45) is 5.92 Å². The van der Waals surface area contributed by atoms with Crippen molar-refractivity contribution in [3.63, 3.8) is 0 Å². The third-order valence-corrected chi connectivity index (χ3v) is 7.09. The summed E-state index contributed by atoms with van der Waals surface area (Å²) in [6, 6.07) is 8.66. The minimum Gasteiger partial charge on any atom is -0.338 e. The lowest BCUT2D eigenvalue weighted by atomic mass is 9.84. The fraction of sp³-hybridized carbons (Fsp3) is 0.542. The first-order valence-electron chi connectivity index (χ1n) is 11.5. The molecular weight excluding hydrogens is 390 g/mol. The Morgan fingerprint density at radius 1 is 1.03 bits per heavy atom. The van der Waals surface area contributed by atoms with Crippen molar-refractivity contribution in [1.82, 2.24) is 24.9 Å². The van der Waals surface area contributed by atoms with Crippen LogP contribution in [-0.2, 0) is 24.3 Å². The summed E-state index contributed by atoms with van der Waals surface area (Å²) < 4.78 is 0. The van der Waals surface area contributed by atoms with Gasteiger partial charge in [0.25, 0.3) is 5.91 Å². The van der Waals surface area contributed by atoms with Crippen LogP contribution < -0.4 is 0 Å². The summed E-state index contributed by atoms with van der Waals surface area (Å²) in [4.78, 5) is 32.2. The number of nitrogens with one attached hydrogen (secondary N) is 1. The smallest absolute Gasteiger partial charge is 0.274 e. The monoisotopic (exact) mass is 421 g/mol. The number of amides is 2. The fourth-order valence-electron chi connectivity index (χ4n) is 4.78. The number of carbonyl (C=O) groups excluding carboxylic acids is 2. The third kappa shape index (κ3) is 4.11. The van der Waals surface area contributed by atoms with Crippen LogP contribution in [0.25, 0.3) is 0 Å². The Bertz CT molecular complexity index is 955. The summed E-state index contributed by atoms with van der Waals surface area (Å²) in [5.41, 5.74) is 5.02. The Hall–Kier alpha value is -2.67. The molecule has 1 N–H and O–H groups in total. The lowest BCUT2D eigenvalue weighted by molar-refractivity contribution is -0.139. The number of fused-ring (bicyclic) bond motifs is 1. The molecule has 0 spiro atoms. The summed E-state index contributed by atoms with van der Waals surface area (Å²) in [5, 5.41) is 7.44. The van der Waals surface area contributed by atoms with Crippen molar-refractivity contribution in [2.45, 2.75) is 45.7 Å². The van der Waals surface area contributed by atoms with Gasteiger partial charge in [0.15, 0.2) is 5.69 Å². The van der Waals surface area contributed by atoms with Gasteiger partial charge in [0.1, 0.15) is 0 Å². The molecule has 3 heterocycles. The number of nitrogens with zero attached hydrogens (tertiary/aromatic N) is 4. The van der Waals surface area contributed by atoms with Crippen LogP contribution in [0.15, 0.2) is 24.3 Å². The number of rotatable bonds is 4. The van der Waals surface area contributed by atoms with E-state index in [4.69, 9.17) is 0 Å². The summed E-state index contributed by atoms with van der Waals surface area (Å²) in [6.07, 6.45) is 3.91. The van der Waals surface area contributed by atoms with Crippen molar-refractivity contribution in [2.75, 3.05) is 32.7 Å². The van der Waals surface area contributed by atoms with Crippen LogP contribution in [0.4, 0.5) is 0 Å². The van der Waals surface area contributed by atoms with E-state index in [1.807, 2.05) is 9.80 Å². The molecule has 1 aromatic carbocycles. The predicted molar refractivity (Wildman–Crippen MR) is 117 cm³/mol. The van der Waals surface area contributed by atoms with Crippen LogP contribution in [0.5, 0.6) is 0 Å². The lowest BCUT2D eigenvalue weighted by Gasteiger charge is -2.35. The highest BCUT2D eigenvalue weighted by atomic mass is 16.2. The van der Waals surface area contributed by atoms with Gasteiger partial charge in [-0.05, 0) is 25.3 Å². The molecule has 7 heteroatoms. The van der Waals surface area contributed by atoms with E-state index in [0.29, 0.717) is 25.3 Å². The minimum absolute atomic E-state index is 0.00886. The van der Waals surface area contributed by atoms with Gasteiger partial charge in [0.05, 0.1) is 0 Å². The molecule has 2 aromatic rings. The number of hydrogen-bond donors (Lipinski definition) is 1. The Morgan fingerprint density at radius 3 is 2.45 bits per heavy atom. The zero-order valence-electron chi connectivity index (χ0n) is 18.3. The van der Waals surface area contributed by atoms with Gasteiger partial charge in [-0.25, -0.2) is 0 Å². The van der Waals surface area contributed by atoms with Crippen LogP contribution in [0, 0.1) is 12.8 Å². The van der Waals surface area contributed by atoms with Crippen molar-refractivity contribution >= 4 is 11.8 Å². The van der Waals surface area contributed by atoms with E-state index in [2.05, 4.69) is 46.3 Å². The van der Waals surface area contributed by atoms with E-state index in [9.17, 15) is 9.59 Å². The Balaban J connectivity index is 1.20. The first kappa shape index (κ1) is 20.2. The molecule has 0 atom stereocenters. The molecule has 5 rings (SSSR count). The second-order valence-electron chi connectivity index (χ2n) is 9.22. The molecule has 3 aliphatic rings. The van der Waals surface area contributed by atoms with Gasteiger partial charge in [-0.2, -0.15) is 5.10 Å². The van der Waals surface area contributed by atoms with Gasteiger partial charge in [-0.3, -0.25) is 19.6 Å². The predicted octanol–water partition coefficient (Wildman–Crippen LogP) is 2.36. The van der Waals surface area contributed by atoms with Crippen molar-refractivity contribution in [3.05, 3.63) is 52.3 Å². The molecule has 1 saturated carbocycles. The molecule has 31 heavy (non-hydrogen) atoms. The number of hydrogen-bond acceptors (Lipinski definition) is 4. The van der Waals surface area contributed by atoms with Gasteiger partial charge in [0, 0.05) is 69.4 Å². The van der Waals surface area contributed by atoms with Crippen LogP contribution >= 0.6 is 0 Å². The molecule has 0 bridgehead atoms. The second-order valence-corrected chi connectivity index (χ2v) is 9.22. The molecule has 0 unspecified atom stereocenters. The Labute approximate surface area is 183 Å². The van der Waals surface area contributed by atoms with E-state index < -0.39 is 0 Å². The highest BCUT2D eigenvalue weighted by molar-refractivity contribution is 5.94. The maximum Gasteiger partial charge on any atom is 0.274 e. The van der Waals surface area contributed by atoms with Gasteiger partial charge >= 0.3 is 0 Å². The van der Waals surface area contributed by atoms with E-state index in [0.717, 1.165) is 63.1 Å². The van der Waals surface area contributed by atoms with Crippen molar-refractivity contribution in [1.29, 1.82) is 0 Å². The lowest BCUT2D eigenvalue weighted by Crippen LogP contribution is -2.48. The largest absolute Gasteiger partial charge is 0.338 e. The van der Waals surface area contributed by atoms with Gasteiger partial charge in [0.2, 0.25) is 5.91 Å². The number of aryl methyl sites for hydroxylation is 1. The van der Waals surface area contributed by atoms with Gasteiger partial charge in [-0.1, -0.05) is 36.2 Å². The molecule has 2 amide bonds. The first-order chi connectivity index (χ1) is 15.1. The Morgan fingerprint density at radius 2 is 1.77 bits per heavy atom. The maximum absolute atomic E-state index is 13.2. The molecule has 164 valence electrons. The fourth-order valence-corrected chi connectivity index (χ4v) is 4.78. The van der Waals surface area contributed by atoms with Gasteiger partial charge in [-0.15, -0.1) is 0 Å². The van der Waals surface area contributed by atoms with E-state index in [1.54, 1.807) is 0 Å². The van der Waals surface area contributed by atoms with Crippen LogP contribution in [-0.4, -0.2) is 69.4 Å². The highest BCUT2D eigenvalue weighted by Crippen LogP contribution is 2.31. The summed E-state index contributed by atoms with van der Waals surface area (Å²) >= 11 is 0. The SMILES string of the molecule is Cc1ccc(CN2CCN(C(=O)c3n[nH]c4c3CN(C(=O)C3CCC3)CC4)CC2)cc1. The quantitative estimate of drug-likeness (QED) is 0.823. The third-order valence-electron chi connectivity index (χ3n) is 7.09. The van der Waals surface area contributed by atoms with Crippen LogP contribution in [0.1, 0.15) is 52.1 Å². The van der Waals surface area contributed by atoms with E-state index >= 15 is 0 Å². The minimum atomic E-state index is -0.00886. The molecule has 2 fully saturated rings. The molecular formula is C24H31N5O2. The normalized spacial score (nSPS) is 19.8. The molecule has 7 nitrogen and oxygen atoms in total. The molecule has 0 radical (unpaired) electrons. The number of H-pyrrole nitrogens is 1. The number of carbonyl (C=O) groups is 2. The summed E-state index contributed by atoms with van der Waals surface area (Å²) in [5.74, 6) is 0.431. The zero-order chi connectivity index (χ0) is 21.4. The second kappa shape index (κ2) is 8.46. The van der Waals surface area contributed by atoms with Crippen LogP contribution in [0.2, 0.25) is 0 Å². The Kier molecular flexibility index (Phi) is 5.52. The average Bonchev–Trinajstić information content (AvgIpc) is 3.17. The number of aromatic amines is 1. The summed E-state index contributed by atoms with van der Waals surface area (Å²) in [7, 11) is 0. The topological polar surface area (TPSA) is 72.5 Å². The summed E-state index contributed by atoms with van der Waals surface area (Å²) in [6.45, 7) is 7.37. The highest BCUT2D eigenvalue weighted by Gasteiger charge is 2.34.